The second-order valence-electron chi connectivity index (χ2n) is 4.87. The molecule has 0 unspecified atom stereocenters. The van der Waals surface area contributed by atoms with E-state index in [-0.39, 0.29) is 21.3 Å². The number of halogens is 2. The Bertz CT molecular complexity index is 840. The zero-order chi connectivity index (χ0) is 17.9. The van der Waals surface area contributed by atoms with E-state index < -0.39 is 11.9 Å². The number of aryl methyl sites for hydroxylation is 1. The van der Waals surface area contributed by atoms with Gasteiger partial charge in [0, 0.05) is 16.3 Å². The molecule has 0 aliphatic heterocycles. The number of hydrogen-bond donors (Lipinski definition) is 2. The van der Waals surface area contributed by atoms with Crippen LogP contribution in [0.3, 0.4) is 0 Å². The number of nitrogens with one attached hydrogen (secondary N) is 2. The lowest BCUT2D eigenvalue weighted by Crippen LogP contribution is -2.34. The molecule has 0 atom stereocenters. The van der Waals surface area contributed by atoms with Crippen LogP contribution < -0.4 is 15.7 Å². The highest BCUT2D eigenvalue weighted by Crippen LogP contribution is 2.20. The Hall–Kier alpha value is -2.15. The molecule has 0 aliphatic carbocycles. The highest BCUT2D eigenvalue weighted by molar-refractivity contribution is 7.80. The highest BCUT2D eigenvalue weighted by atomic mass is 35.5. The number of benzene rings is 2. The van der Waals surface area contributed by atoms with Gasteiger partial charge >= 0.3 is 0 Å². The lowest BCUT2D eigenvalue weighted by Gasteiger charge is -2.12. The molecule has 124 valence electrons. The van der Waals surface area contributed by atoms with Crippen LogP contribution >= 0.6 is 35.4 Å². The summed E-state index contributed by atoms with van der Waals surface area (Å²) < 4.78 is 0. The second-order valence-corrected chi connectivity index (χ2v) is 6.10. The van der Waals surface area contributed by atoms with Gasteiger partial charge in [-0.05, 0) is 55.0 Å². The standard InChI is InChI=1S/C16H12Cl2N2O3S/c1-8-2-4-10(13(18)6-8)14(21)20-16(24)19-9-3-5-12(17)11(7-9)15(22)23/h2-7H,1H3,(H,22,23)(H2,19,20,21,24)/p-1. The highest BCUT2D eigenvalue weighted by Gasteiger charge is 2.12. The Balaban J connectivity index is 2.09. The van der Waals surface area contributed by atoms with Crippen LogP contribution in [0.2, 0.25) is 10.0 Å². The number of anilines is 1. The van der Waals surface area contributed by atoms with Crippen LogP contribution in [0.15, 0.2) is 36.4 Å². The minimum Gasteiger partial charge on any atom is -0.545 e. The maximum Gasteiger partial charge on any atom is 0.258 e. The molecule has 0 radical (unpaired) electrons. The van der Waals surface area contributed by atoms with Crippen molar-refractivity contribution in [2.75, 3.05) is 5.32 Å². The van der Waals surface area contributed by atoms with Gasteiger partial charge in [0.05, 0.1) is 16.6 Å². The third kappa shape index (κ3) is 4.44. The quantitative estimate of drug-likeness (QED) is 0.798. The Morgan fingerprint density at radius 2 is 1.75 bits per heavy atom. The molecule has 8 heteroatoms. The smallest absolute Gasteiger partial charge is 0.258 e. The van der Waals surface area contributed by atoms with Gasteiger partial charge in [-0.3, -0.25) is 10.1 Å². The molecular formula is C16H11Cl2N2O3S-. The lowest BCUT2D eigenvalue weighted by atomic mass is 10.1. The average Bonchev–Trinajstić information content (AvgIpc) is 2.48. The van der Waals surface area contributed by atoms with Crippen LogP contribution in [0, 0.1) is 6.92 Å². The lowest BCUT2D eigenvalue weighted by molar-refractivity contribution is -0.255. The van der Waals surface area contributed by atoms with Gasteiger partial charge < -0.3 is 15.2 Å². The third-order valence-corrected chi connectivity index (χ3v) is 3.89. The molecule has 0 bridgehead atoms. The number of carboxylic acid groups (broad SMARTS) is 1. The van der Waals surface area contributed by atoms with Gasteiger partial charge in [-0.2, -0.15) is 0 Å². The van der Waals surface area contributed by atoms with Crippen LogP contribution in [-0.2, 0) is 0 Å². The Morgan fingerprint density at radius 1 is 1.04 bits per heavy atom. The van der Waals surface area contributed by atoms with Crippen LogP contribution in [0.25, 0.3) is 0 Å². The summed E-state index contributed by atoms with van der Waals surface area (Å²) in [6.07, 6.45) is 0. The first-order chi connectivity index (χ1) is 11.3. The van der Waals surface area contributed by atoms with E-state index in [2.05, 4.69) is 10.6 Å². The monoisotopic (exact) mass is 381 g/mol. The number of thiocarbonyl (C=S) groups is 1. The minimum absolute atomic E-state index is 0.0109. The number of carbonyl (C=O) groups is 2. The first-order valence-electron chi connectivity index (χ1n) is 6.67. The Morgan fingerprint density at radius 3 is 2.38 bits per heavy atom. The number of carbonyl (C=O) groups excluding carboxylic acids is 2. The molecule has 0 spiro atoms. The molecule has 0 saturated carbocycles. The summed E-state index contributed by atoms with van der Waals surface area (Å²) in [6, 6.07) is 9.17. The second kappa shape index (κ2) is 7.61. The fourth-order valence-electron chi connectivity index (χ4n) is 1.90. The topological polar surface area (TPSA) is 81.3 Å². The summed E-state index contributed by atoms with van der Waals surface area (Å²) in [5, 5.41) is 16.5. The summed E-state index contributed by atoms with van der Waals surface area (Å²) in [5.74, 6) is -1.89. The van der Waals surface area contributed by atoms with Crippen LogP contribution in [0.1, 0.15) is 26.3 Å². The molecular weight excluding hydrogens is 371 g/mol. The van der Waals surface area contributed by atoms with Gasteiger partial charge in [0.2, 0.25) is 0 Å². The van der Waals surface area contributed by atoms with Gasteiger partial charge in [-0.1, -0.05) is 29.3 Å². The fourth-order valence-corrected chi connectivity index (χ4v) is 2.62. The first-order valence-corrected chi connectivity index (χ1v) is 7.83. The van der Waals surface area contributed by atoms with Crippen LogP contribution in [0.5, 0.6) is 0 Å². The molecule has 0 saturated heterocycles. The molecule has 2 aromatic rings. The molecule has 2 N–H and O–H groups in total. The number of hydrogen-bond acceptors (Lipinski definition) is 4. The predicted molar refractivity (Wildman–Crippen MR) is 95.7 cm³/mol. The molecule has 0 aromatic heterocycles. The van der Waals surface area contributed by atoms with Gasteiger partial charge in [-0.25, -0.2) is 0 Å². The van der Waals surface area contributed by atoms with E-state index in [1.165, 1.54) is 18.2 Å². The van der Waals surface area contributed by atoms with E-state index in [9.17, 15) is 14.7 Å². The molecule has 2 aromatic carbocycles. The van der Waals surface area contributed by atoms with Gasteiger partial charge in [-0.15, -0.1) is 0 Å². The summed E-state index contributed by atoms with van der Waals surface area (Å²) in [4.78, 5) is 23.1. The van der Waals surface area contributed by atoms with E-state index in [0.29, 0.717) is 10.7 Å². The van der Waals surface area contributed by atoms with E-state index >= 15 is 0 Å². The Labute approximate surface area is 153 Å². The van der Waals surface area contributed by atoms with E-state index in [1.54, 1.807) is 18.2 Å². The predicted octanol–water partition coefficient (Wildman–Crippen LogP) is 2.79. The number of aromatic carboxylic acids is 1. The van der Waals surface area contributed by atoms with Crippen molar-refractivity contribution in [3.8, 4) is 0 Å². The molecule has 0 fully saturated rings. The summed E-state index contributed by atoms with van der Waals surface area (Å²) in [6.45, 7) is 1.86. The minimum atomic E-state index is -1.41. The molecule has 24 heavy (non-hydrogen) atoms. The van der Waals surface area contributed by atoms with Crippen molar-refractivity contribution in [2.45, 2.75) is 6.92 Å². The third-order valence-electron chi connectivity index (χ3n) is 3.04. The van der Waals surface area contributed by atoms with Gasteiger partial charge in [0.1, 0.15) is 0 Å². The first kappa shape index (κ1) is 18.2. The largest absolute Gasteiger partial charge is 0.545 e. The average molecular weight is 382 g/mol. The number of rotatable bonds is 3. The van der Waals surface area contributed by atoms with Crippen molar-refractivity contribution in [1.29, 1.82) is 0 Å². The molecule has 0 aliphatic rings. The number of carboxylic acids is 1. The van der Waals surface area contributed by atoms with Gasteiger partial charge in [0.25, 0.3) is 5.91 Å². The summed E-state index contributed by atoms with van der Waals surface area (Å²) >= 11 is 16.8. The molecule has 2 rings (SSSR count). The van der Waals surface area contributed by atoms with Crippen molar-refractivity contribution in [1.82, 2.24) is 5.32 Å². The molecule has 5 nitrogen and oxygen atoms in total. The SMILES string of the molecule is Cc1ccc(C(=O)NC(=S)Nc2ccc(Cl)c(C(=O)[O-])c2)c(Cl)c1. The van der Waals surface area contributed by atoms with E-state index in [0.717, 1.165) is 5.56 Å². The van der Waals surface area contributed by atoms with Crippen molar-refractivity contribution in [3.63, 3.8) is 0 Å². The summed E-state index contributed by atoms with van der Waals surface area (Å²) in [7, 11) is 0. The zero-order valence-corrected chi connectivity index (χ0v) is 14.7. The van der Waals surface area contributed by atoms with Crippen molar-refractivity contribution in [2.24, 2.45) is 0 Å². The van der Waals surface area contributed by atoms with E-state index in [4.69, 9.17) is 35.4 Å². The van der Waals surface area contributed by atoms with E-state index in [1.807, 2.05) is 6.92 Å². The fraction of sp³-hybridized carbons (Fsp3) is 0.0625. The number of amides is 1. The Kier molecular flexibility index (Phi) is 5.77. The van der Waals surface area contributed by atoms with Crippen molar-refractivity contribution < 1.29 is 14.7 Å². The maximum absolute atomic E-state index is 12.2. The van der Waals surface area contributed by atoms with Crippen molar-refractivity contribution >= 4 is 58.1 Å². The zero-order valence-electron chi connectivity index (χ0n) is 12.4. The molecule has 0 heterocycles. The summed E-state index contributed by atoms with van der Waals surface area (Å²) in [5.41, 5.74) is 1.36. The maximum atomic E-state index is 12.2. The van der Waals surface area contributed by atoms with Crippen LogP contribution in [-0.4, -0.2) is 17.0 Å². The normalized spacial score (nSPS) is 10.1. The molecule has 1 amide bonds. The van der Waals surface area contributed by atoms with Gasteiger partial charge in [0.15, 0.2) is 5.11 Å². The van der Waals surface area contributed by atoms with Crippen LogP contribution in [0.4, 0.5) is 5.69 Å². The van der Waals surface area contributed by atoms with Crippen molar-refractivity contribution in [3.05, 3.63) is 63.1 Å².